The molecule has 2 heterocycles. The number of hydrogen-bond donors (Lipinski definition) is 1. The van der Waals surface area contributed by atoms with Crippen molar-refractivity contribution in [3.63, 3.8) is 0 Å². The molecule has 1 aromatic heterocycles. The van der Waals surface area contributed by atoms with Gasteiger partial charge in [-0.05, 0) is 24.0 Å². The Bertz CT molecular complexity index is 754. The molecule has 124 valence electrons. The maximum atomic E-state index is 11.7. The number of benzene rings is 1. The smallest absolute Gasteiger partial charge is 0.237 e. The van der Waals surface area contributed by atoms with Crippen LogP contribution in [0.4, 0.5) is 5.95 Å². The van der Waals surface area contributed by atoms with Gasteiger partial charge in [0.1, 0.15) is 5.88 Å². The van der Waals surface area contributed by atoms with E-state index in [4.69, 9.17) is 11.6 Å². The fourth-order valence-corrected chi connectivity index (χ4v) is 3.70. The Hall–Kier alpha value is -2.14. The van der Waals surface area contributed by atoms with E-state index < -0.39 is 0 Å². The number of anilines is 1. The lowest BCUT2D eigenvalue weighted by molar-refractivity contribution is -0.129. The van der Waals surface area contributed by atoms with E-state index in [9.17, 15) is 4.79 Å². The highest BCUT2D eigenvalue weighted by Gasteiger charge is 2.24. The number of aromatic nitrogens is 2. The van der Waals surface area contributed by atoms with Crippen molar-refractivity contribution < 1.29 is 4.79 Å². The van der Waals surface area contributed by atoms with Crippen molar-refractivity contribution in [3.05, 3.63) is 52.8 Å². The first kappa shape index (κ1) is 15.4. The Kier molecular flexibility index (Phi) is 4.10. The molecule has 0 saturated heterocycles. The lowest BCUT2D eigenvalue weighted by atomic mass is 10.1. The van der Waals surface area contributed by atoms with Gasteiger partial charge in [-0.1, -0.05) is 24.3 Å². The second kappa shape index (κ2) is 6.40. The van der Waals surface area contributed by atoms with Crippen molar-refractivity contribution in [1.29, 1.82) is 0 Å². The van der Waals surface area contributed by atoms with Crippen LogP contribution in [0.3, 0.4) is 0 Å². The summed E-state index contributed by atoms with van der Waals surface area (Å²) in [6, 6.07) is 8.90. The molecule has 2 aromatic rings. The summed E-state index contributed by atoms with van der Waals surface area (Å²) < 4.78 is 0. The molecule has 0 bridgehead atoms. The third kappa shape index (κ3) is 2.96. The number of amides is 1. The number of halogens is 1. The van der Waals surface area contributed by atoms with Crippen LogP contribution in [0, 0.1) is 0 Å². The number of fused-ring (bicyclic) bond motifs is 2. The van der Waals surface area contributed by atoms with Gasteiger partial charge in [-0.2, -0.15) is 0 Å². The van der Waals surface area contributed by atoms with Gasteiger partial charge in [0.25, 0.3) is 0 Å². The summed E-state index contributed by atoms with van der Waals surface area (Å²) in [6.07, 6.45) is 4.60. The Balaban J connectivity index is 1.45. The van der Waals surface area contributed by atoms with Crippen molar-refractivity contribution in [3.8, 4) is 0 Å². The van der Waals surface area contributed by atoms with Gasteiger partial charge in [0.15, 0.2) is 0 Å². The molecule has 1 N–H and O–H groups in total. The zero-order valence-corrected chi connectivity index (χ0v) is 14.1. The molecule has 0 unspecified atom stereocenters. The molecule has 0 atom stereocenters. The molecule has 0 fully saturated rings. The minimum Gasteiger partial charge on any atom is -0.351 e. The molecule has 1 aliphatic heterocycles. The van der Waals surface area contributed by atoms with Gasteiger partial charge in [0.2, 0.25) is 11.9 Å². The van der Waals surface area contributed by atoms with Crippen molar-refractivity contribution in [2.45, 2.75) is 31.8 Å². The Morgan fingerprint density at radius 2 is 2.00 bits per heavy atom. The molecule has 6 heteroatoms. The minimum atomic E-state index is -0.0340. The molecule has 2 aliphatic rings. The normalized spacial score (nSPS) is 16.6. The molecule has 0 spiro atoms. The Morgan fingerprint density at radius 3 is 2.71 bits per heavy atom. The summed E-state index contributed by atoms with van der Waals surface area (Å²) in [5.74, 6) is 0.676. The molecule has 0 saturated carbocycles. The highest BCUT2D eigenvalue weighted by molar-refractivity contribution is 6.27. The number of alkyl halides is 1. The molecule has 4 rings (SSSR count). The molecular weight excluding hydrogens is 324 g/mol. The van der Waals surface area contributed by atoms with Crippen LogP contribution in [0.25, 0.3) is 0 Å². The summed E-state index contributed by atoms with van der Waals surface area (Å²) in [6.45, 7) is 1.22. The van der Waals surface area contributed by atoms with Crippen LogP contribution in [-0.2, 0) is 30.6 Å². The zero-order chi connectivity index (χ0) is 16.5. The second-order valence-corrected chi connectivity index (χ2v) is 6.65. The van der Waals surface area contributed by atoms with Crippen molar-refractivity contribution in [2.75, 3.05) is 17.7 Å². The van der Waals surface area contributed by atoms with Crippen LogP contribution >= 0.6 is 11.6 Å². The molecule has 1 aromatic carbocycles. The SMILES string of the molecule is O=C(CCl)N1CCc2nc(NC3Cc4ccccc4C3)ncc2C1. The Labute approximate surface area is 146 Å². The highest BCUT2D eigenvalue weighted by Crippen LogP contribution is 2.24. The van der Waals surface area contributed by atoms with Crippen molar-refractivity contribution >= 4 is 23.5 Å². The van der Waals surface area contributed by atoms with Gasteiger partial charge >= 0.3 is 0 Å². The quantitative estimate of drug-likeness (QED) is 0.869. The van der Waals surface area contributed by atoms with E-state index in [0.717, 1.165) is 30.5 Å². The van der Waals surface area contributed by atoms with E-state index in [-0.39, 0.29) is 11.8 Å². The van der Waals surface area contributed by atoms with E-state index in [1.165, 1.54) is 11.1 Å². The summed E-state index contributed by atoms with van der Waals surface area (Å²) in [7, 11) is 0. The van der Waals surface area contributed by atoms with E-state index in [1.54, 1.807) is 4.90 Å². The van der Waals surface area contributed by atoms with Gasteiger partial charge in [-0.3, -0.25) is 4.79 Å². The van der Waals surface area contributed by atoms with Gasteiger partial charge in [-0.15, -0.1) is 11.6 Å². The average molecular weight is 343 g/mol. The maximum absolute atomic E-state index is 11.7. The molecule has 1 aliphatic carbocycles. The fraction of sp³-hybridized carbons (Fsp3) is 0.389. The molecule has 0 radical (unpaired) electrons. The van der Waals surface area contributed by atoms with Crippen LogP contribution in [0.5, 0.6) is 0 Å². The van der Waals surface area contributed by atoms with Crippen LogP contribution in [0.1, 0.15) is 22.4 Å². The third-order valence-electron chi connectivity index (χ3n) is 4.79. The van der Waals surface area contributed by atoms with E-state index in [1.807, 2.05) is 6.20 Å². The summed E-state index contributed by atoms with van der Waals surface area (Å²) in [4.78, 5) is 22.6. The van der Waals surface area contributed by atoms with Gasteiger partial charge < -0.3 is 10.2 Å². The van der Waals surface area contributed by atoms with E-state index in [2.05, 4.69) is 39.6 Å². The third-order valence-corrected chi connectivity index (χ3v) is 5.01. The second-order valence-electron chi connectivity index (χ2n) is 6.38. The molecule has 5 nitrogen and oxygen atoms in total. The average Bonchev–Trinajstić information content (AvgIpc) is 3.02. The largest absolute Gasteiger partial charge is 0.351 e. The van der Waals surface area contributed by atoms with Gasteiger partial charge in [0, 0.05) is 37.3 Å². The highest BCUT2D eigenvalue weighted by atomic mass is 35.5. The van der Waals surface area contributed by atoms with Gasteiger partial charge in [-0.25, -0.2) is 9.97 Å². The molecule has 24 heavy (non-hydrogen) atoms. The minimum absolute atomic E-state index is 0.0259. The molecule has 1 amide bonds. The topological polar surface area (TPSA) is 58.1 Å². The monoisotopic (exact) mass is 342 g/mol. The first-order valence-corrected chi connectivity index (χ1v) is 8.78. The van der Waals surface area contributed by atoms with Gasteiger partial charge in [0.05, 0.1) is 5.69 Å². The number of carbonyl (C=O) groups excluding carboxylic acids is 1. The van der Waals surface area contributed by atoms with Crippen molar-refractivity contribution in [1.82, 2.24) is 14.9 Å². The number of carbonyl (C=O) groups is 1. The van der Waals surface area contributed by atoms with Crippen LogP contribution in [0.15, 0.2) is 30.5 Å². The first-order chi connectivity index (χ1) is 11.7. The number of rotatable bonds is 3. The zero-order valence-electron chi connectivity index (χ0n) is 13.3. The lowest BCUT2D eigenvalue weighted by Gasteiger charge is -2.27. The van der Waals surface area contributed by atoms with Crippen molar-refractivity contribution in [2.24, 2.45) is 0 Å². The van der Waals surface area contributed by atoms with Crippen LogP contribution in [0.2, 0.25) is 0 Å². The standard InChI is InChI=1S/C18H19ClN4O/c19-9-17(24)23-6-5-16-14(11-23)10-20-18(22-16)21-15-7-12-3-1-2-4-13(12)8-15/h1-4,10,15H,5-9,11H2,(H,20,21,22). The van der Waals surface area contributed by atoms with Crippen LogP contribution in [-0.4, -0.2) is 39.2 Å². The van der Waals surface area contributed by atoms with E-state index >= 15 is 0 Å². The van der Waals surface area contributed by atoms with Crippen LogP contribution < -0.4 is 5.32 Å². The summed E-state index contributed by atoms with van der Waals surface area (Å²) >= 11 is 5.64. The number of nitrogens with one attached hydrogen (secondary N) is 1. The maximum Gasteiger partial charge on any atom is 0.237 e. The Morgan fingerprint density at radius 1 is 1.25 bits per heavy atom. The number of nitrogens with zero attached hydrogens (tertiary/aromatic N) is 3. The predicted molar refractivity (Wildman–Crippen MR) is 93.1 cm³/mol. The lowest BCUT2D eigenvalue weighted by Crippen LogP contribution is -2.37. The fourth-order valence-electron chi connectivity index (χ4n) is 3.53. The first-order valence-electron chi connectivity index (χ1n) is 8.25. The van der Waals surface area contributed by atoms with E-state index in [0.29, 0.717) is 25.1 Å². The summed E-state index contributed by atoms with van der Waals surface area (Å²) in [5.41, 5.74) is 4.85. The number of hydrogen-bond acceptors (Lipinski definition) is 4. The molecular formula is C18H19ClN4O. The predicted octanol–water partition coefficient (Wildman–Crippen LogP) is 2.18. The summed E-state index contributed by atoms with van der Waals surface area (Å²) in [5, 5.41) is 3.46.